The Kier molecular flexibility index (Phi) is 3.94. The van der Waals surface area contributed by atoms with Gasteiger partial charge in [0, 0.05) is 31.3 Å². The fraction of sp³-hybridized carbons (Fsp3) is 0.438. The maximum absolute atomic E-state index is 12.2. The summed E-state index contributed by atoms with van der Waals surface area (Å²) >= 11 is 0. The van der Waals surface area contributed by atoms with Gasteiger partial charge < -0.3 is 20.3 Å². The lowest BCUT2D eigenvalue weighted by Gasteiger charge is -2.32. The zero-order valence-corrected chi connectivity index (χ0v) is 12.2. The molecule has 1 amide bonds. The van der Waals surface area contributed by atoms with Gasteiger partial charge in [-0.1, -0.05) is 12.1 Å². The molecule has 21 heavy (non-hydrogen) atoms. The Balaban J connectivity index is 1.62. The molecule has 0 spiro atoms. The highest BCUT2D eigenvalue weighted by Gasteiger charge is 2.31. The molecule has 5 heteroatoms. The highest BCUT2D eigenvalue weighted by Crippen LogP contribution is 2.17. The quantitative estimate of drug-likeness (QED) is 0.792. The van der Waals surface area contributed by atoms with Crippen LogP contribution in [0.15, 0.2) is 30.5 Å². The van der Waals surface area contributed by atoms with E-state index in [0.717, 1.165) is 23.0 Å². The molecule has 112 valence electrons. The first kappa shape index (κ1) is 14.1. The summed E-state index contributed by atoms with van der Waals surface area (Å²) < 4.78 is 0. The van der Waals surface area contributed by atoms with Crippen molar-refractivity contribution in [2.24, 2.45) is 5.92 Å². The van der Waals surface area contributed by atoms with Gasteiger partial charge in [0.1, 0.15) is 0 Å². The standard InChI is InChI=1S/C16H21N3O2/c1-19-7-5-15(20)13(10-19)16(21)18-9-11-2-3-12-4-6-17-14(12)8-11/h2-4,6,8,13,15,17,20H,5,7,9-10H2,1H3,(H,18,21)/t13-,15-/m1/s1. The highest BCUT2D eigenvalue weighted by atomic mass is 16.3. The summed E-state index contributed by atoms with van der Waals surface area (Å²) in [5.41, 5.74) is 2.12. The van der Waals surface area contributed by atoms with Crippen LogP contribution in [0.3, 0.4) is 0 Å². The van der Waals surface area contributed by atoms with Crippen LogP contribution < -0.4 is 5.32 Å². The average molecular weight is 287 g/mol. The summed E-state index contributed by atoms with van der Waals surface area (Å²) in [7, 11) is 1.98. The molecule has 0 saturated carbocycles. The Morgan fingerprint density at radius 2 is 2.33 bits per heavy atom. The van der Waals surface area contributed by atoms with Crippen molar-refractivity contribution in [1.29, 1.82) is 0 Å². The van der Waals surface area contributed by atoms with Crippen molar-refractivity contribution in [3.8, 4) is 0 Å². The number of rotatable bonds is 3. The molecule has 0 unspecified atom stereocenters. The van der Waals surface area contributed by atoms with Crippen LogP contribution in [0.5, 0.6) is 0 Å². The van der Waals surface area contributed by atoms with E-state index >= 15 is 0 Å². The van der Waals surface area contributed by atoms with Gasteiger partial charge in [-0.05, 0) is 36.6 Å². The predicted octanol–water partition coefficient (Wildman–Crippen LogP) is 1.10. The van der Waals surface area contributed by atoms with Crippen molar-refractivity contribution >= 4 is 16.8 Å². The third kappa shape index (κ3) is 3.09. The monoisotopic (exact) mass is 287 g/mol. The average Bonchev–Trinajstić information content (AvgIpc) is 2.94. The van der Waals surface area contributed by atoms with E-state index in [1.807, 2.05) is 37.5 Å². The van der Waals surface area contributed by atoms with Gasteiger partial charge in [-0.2, -0.15) is 0 Å². The lowest BCUT2D eigenvalue weighted by molar-refractivity contribution is -0.131. The number of amides is 1. The van der Waals surface area contributed by atoms with Gasteiger partial charge in [0.25, 0.3) is 0 Å². The molecule has 1 aliphatic rings. The van der Waals surface area contributed by atoms with E-state index in [9.17, 15) is 9.90 Å². The molecule has 1 aromatic heterocycles. The zero-order chi connectivity index (χ0) is 14.8. The predicted molar refractivity (Wildman–Crippen MR) is 81.8 cm³/mol. The van der Waals surface area contributed by atoms with Crippen molar-refractivity contribution < 1.29 is 9.90 Å². The van der Waals surface area contributed by atoms with Crippen molar-refractivity contribution in [2.45, 2.75) is 19.1 Å². The summed E-state index contributed by atoms with van der Waals surface area (Å²) in [4.78, 5) is 17.5. The highest BCUT2D eigenvalue weighted by molar-refractivity contribution is 5.81. The lowest BCUT2D eigenvalue weighted by Crippen LogP contribution is -2.48. The van der Waals surface area contributed by atoms with Crippen LogP contribution in [0.4, 0.5) is 0 Å². The smallest absolute Gasteiger partial charge is 0.227 e. The first-order valence-electron chi connectivity index (χ1n) is 7.34. The minimum atomic E-state index is -0.535. The molecular formula is C16H21N3O2. The number of nitrogens with zero attached hydrogens (tertiary/aromatic N) is 1. The summed E-state index contributed by atoms with van der Waals surface area (Å²) in [6.45, 7) is 1.94. The molecule has 3 rings (SSSR count). The van der Waals surface area contributed by atoms with E-state index in [0.29, 0.717) is 19.5 Å². The fourth-order valence-electron chi connectivity index (χ4n) is 2.89. The number of carbonyl (C=O) groups is 1. The molecule has 1 aromatic carbocycles. The molecule has 3 N–H and O–H groups in total. The number of fused-ring (bicyclic) bond motifs is 1. The van der Waals surface area contributed by atoms with E-state index in [1.54, 1.807) is 0 Å². The molecule has 1 fully saturated rings. The minimum absolute atomic E-state index is 0.0689. The van der Waals surface area contributed by atoms with Gasteiger partial charge in [-0.25, -0.2) is 0 Å². The van der Waals surface area contributed by atoms with Crippen LogP contribution in [0.2, 0.25) is 0 Å². The maximum atomic E-state index is 12.2. The first-order valence-corrected chi connectivity index (χ1v) is 7.34. The Hall–Kier alpha value is -1.85. The Morgan fingerprint density at radius 3 is 3.19 bits per heavy atom. The molecule has 2 heterocycles. The molecule has 1 aliphatic heterocycles. The van der Waals surface area contributed by atoms with Gasteiger partial charge in [-0.15, -0.1) is 0 Å². The van der Waals surface area contributed by atoms with E-state index in [2.05, 4.69) is 15.2 Å². The summed E-state index contributed by atoms with van der Waals surface area (Å²) in [6, 6.07) is 8.11. The normalized spacial score (nSPS) is 23.3. The van der Waals surface area contributed by atoms with E-state index in [4.69, 9.17) is 0 Å². The van der Waals surface area contributed by atoms with Crippen molar-refractivity contribution in [3.63, 3.8) is 0 Å². The number of hydrogen-bond acceptors (Lipinski definition) is 3. The number of H-pyrrole nitrogens is 1. The second-order valence-corrected chi connectivity index (χ2v) is 5.84. The van der Waals surface area contributed by atoms with E-state index < -0.39 is 6.10 Å². The van der Waals surface area contributed by atoms with Gasteiger partial charge >= 0.3 is 0 Å². The molecule has 5 nitrogen and oxygen atoms in total. The molecule has 0 radical (unpaired) electrons. The number of aliphatic hydroxyl groups excluding tert-OH is 1. The van der Waals surface area contributed by atoms with Crippen molar-refractivity contribution in [2.75, 3.05) is 20.1 Å². The SMILES string of the molecule is CN1CC[C@@H](O)[C@H](C(=O)NCc2ccc3cc[nH]c3c2)C1. The van der Waals surface area contributed by atoms with Crippen LogP contribution in [0.25, 0.3) is 10.9 Å². The second kappa shape index (κ2) is 5.87. The fourth-order valence-corrected chi connectivity index (χ4v) is 2.89. The molecular weight excluding hydrogens is 266 g/mol. The lowest BCUT2D eigenvalue weighted by atomic mass is 9.94. The van der Waals surface area contributed by atoms with Gasteiger partial charge in [-0.3, -0.25) is 4.79 Å². The van der Waals surface area contributed by atoms with Gasteiger partial charge in [0.15, 0.2) is 0 Å². The minimum Gasteiger partial charge on any atom is -0.392 e. The largest absolute Gasteiger partial charge is 0.392 e. The number of piperidine rings is 1. The number of nitrogens with one attached hydrogen (secondary N) is 2. The summed E-state index contributed by atoms with van der Waals surface area (Å²) in [5.74, 6) is -0.404. The Morgan fingerprint density at radius 1 is 1.48 bits per heavy atom. The number of carbonyl (C=O) groups excluding carboxylic acids is 1. The van der Waals surface area contributed by atoms with Gasteiger partial charge in [0.05, 0.1) is 12.0 Å². The Labute approximate surface area is 124 Å². The number of hydrogen-bond donors (Lipinski definition) is 3. The van der Waals surface area contributed by atoms with Crippen molar-refractivity contribution in [1.82, 2.24) is 15.2 Å². The molecule has 2 aromatic rings. The zero-order valence-electron chi connectivity index (χ0n) is 12.2. The van der Waals surface area contributed by atoms with Crippen LogP contribution in [-0.2, 0) is 11.3 Å². The number of benzene rings is 1. The van der Waals surface area contributed by atoms with Crippen LogP contribution in [-0.4, -0.2) is 47.1 Å². The molecule has 1 saturated heterocycles. The van der Waals surface area contributed by atoms with Crippen LogP contribution in [0, 0.1) is 5.92 Å². The number of aromatic amines is 1. The van der Waals surface area contributed by atoms with Crippen LogP contribution >= 0.6 is 0 Å². The summed E-state index contributed by atoms with van der Waals surface area (Å²) in [5, 5.41) is 14.1. The van der Waals surface area contributed by atoms with E-state index in [1.165, 1.54) is 0 Å². The number of likely N-dealkylation sites (tertiary alicyclic amines) is 1. The Bertz CT molecular complexity index is 637. The maximum Gasteiger partial charge on any atom is 0.227 e. The number of aliphatic hydroxyl groups is 1. The third-order valence-corrected chi connectivity index (χ3v) is 4.20. The van der Waals surface area contributed by atoms with Gasteiger partial charge in [0.2, 0.25) is 5.91 Å². The van der Waals surface area contributed by atoms with Crippen LogP contribution in [0.1, 0.15) is 12.0 Å². The second-order valence-electron chi connectivity index (χ2n) is 5.84. The summed E-state index contributed by atoms with van der Waals surface area (Å²) in [6.07, 6.45) is 2.02. The molecule has 0 bridgehead atoms. The third-order valence-electron chi connectivity index (χ3n) is 4.20. The number of aromatic nitrogens is 1. The van der Waals surface area contributed by atoms with E-state index in [-0.39, 0.29) is 11.8 Å². The molecule has 2 atom stereocenters. The molecule has 0 aliphatic carbocycles. The first-order chi connectivity index (χ1) is 10.1. The van der Waals surface area contributed by atoms with Crippen molar-refractivity contribution in [3.05, 3.63) is 36.0 Å². The topological polar surface area (TPSA) is 68.4 Å².